The van der Waals surface area contributed by atoms with Crippen molar-refractivity contribution in [3.8, 4) is 29.0 Å². The van der Waals surface area contributed by atoms with Crippen molar-refractivity contribution in [2.75, 3.05) is 44.2 Å². The summed E-state index contributed by atoms with van der Waals surface area (Å²) in [6.07, 6.45) is 7.23. The van der Waals surface area contributed by atoms with Crippen LogP contribution < -0.4 is 14.4 Å². The number of ether oxygens (including phenoxy) is 2. The zero-order valence-corrected chi connectivity index (χ0v) is 28.3. The summed E-state index contributed by atoms with van der Waals surface area (Å²) in [6.45, 7) is 6.56. The minimum Gasteiger partial charge on any atom is -0.487 e. The molecule has 5 atom stereocenters. The molecule has 0 radical (unpaired) electrons. The number of rotatable bonds is 9. The zero-order chi connectivity index (χ0) is 33.4. The van der Waals surface area contributed by atoms with Crippen LogP contribution in [0.4, 0.5) is 10.2 Å². The van der Waals surface area contributed by atoms with Gasteiger partial charge >= 0.3 is 6.01 Å². The second kappa shape index (κ2) is 11.8. The maximum absolute atomic E-state index is 14.7. The summed E-state index contributed by atoms with van der Waals surface area (Å²) in [5.41, 5.74) is 4.99. The highest BCUT2D eigenvalue weighted by Gasteiger charge is 2.50. The van der Waals surface area contributed by atoms with E-state index >= 15 is 0 Å². The maximum atomic E-state index is 14.7. The van der Waals surface area contributed by atoms with E-state index in [1.54, 1.807) is 4.90 Å². The fraction of sp³-hybridized carbons (Fsp3) is 0.526. The van der Waals surface area contributed by atoms with E-state index < -0.39 is 6.17 Å². The van der Waals surface area contributed by atoms with Gasteiger partial charge in [0.05, 0.1) is 35.2 Å². The van der Waals surface area contributed by atoms with Crippen LogP contribution in [0.1, 0.15) is 62.0 Å². The van der Waals surface area contributed by atoms with Crippen LogP contribution in [0.3, 0.4) is 0 Å². The molecule has 0 N–H and O–H groups in total. The summed E-state index contributed by atoms with van der Waals surface area (Å²) in [4.78, 5) is 28.9. The summed E-state index contributed by atoms with van der Waals surface area (Å²) in [6, 6.07) is 10.6. The van der Waals surface area contributed by atoms with Gasteiger partial charge in [0.1, 0.15) is 24.1 Å². The number of benzene rings is 2. The van der Waals surface area contributed by atoms with E-state index in [1.165, 1.54) is 23.6 Å². The number of carbonyl (C=O) groups excluding carboxylic acids is 1. The topological polar surface area (TPSA) is 94.8 Å². The first-order valence-electron chi connectivity index (χ1n) is 17.8. The molecule has 11 heteroatoms. The number of hydrogen-bond donors (Lipinski definition) is 0. The van der Waals surface area contributed by atoms with Crippen molar-refractivity contribution in [2.24, 2.45) is 5.92 Å². The van der Waals surface area contributed by atoms with Gasteiger partial charge in [0.15, 0.2) is 5.75 Å². The molecule has 1 aromatic heterocycles. The number of hydrogen-bond acceptors (Lipinski definition) is 8. The van der Waals surface area contributed by atoms with Gasteiger partial charge in [-0.25, -0.2) is 4.39 Å². The molecule has 0 spiro atoms. The molecule has 3 aliphatic carbocycles. The molecule has 3 saturated heterocycles. The minimum atomic E-state index is -0.870. The van der Waals surface area contributed by atoms with Crippen LogP contribution >= 0.6 is 11.6 Å². The summed E-state index contributed by atoms with van der Waals surface area (Å²) in [5, 5.41) is 11.0. The molecule has 9 rings (SSSR count). The quantitative estimate of drug-likeness (QED) is 0.246. The second-order valence-electron chi connectivity index (χ2n) is 14.8. The SMILES string of the molecule is C=CC(=O)N1CCN(c2nc(OC[C@@]34CCCN3C[C@H](F)C4)nc3c(OC4CC4)c(-c4cccc5c4CC4CC54)c(Cl)cc23)C[C@@H]1CC#N. The lowest BCUT2D eigenvalue weighted by Gasteiger charge is -2.41. The molecular weight excluding hydrogens is 643 g/mol. The van der Waals surface area contributed by atoms with E-state index in [2.05, 4.69) is 40.6 Å². The molecule has 5 fully saturated rings. The number of nitriles is 1. The van der Waals surface area contributed by atoms with Crippen LogP contribution in [0.5, 0.6) is 11.8 Å². The number of carbonyl (C=O) groups is 1. The van der Waals surface area contributed by atoms with Gasteiger partial charge in [0.25, 0.3) is 0 Å². The molecule has 6 aliphatic rings. The van der Waals surface area contributed by atoms with Gasteiger partial charge in [-0.2, -0.15) is 15.2 Å². The van der Waals surface area contributed by atoms with Crippen molar-refractivity contribution >= 4 is 34.2 Å². The van der Waals surface area contributed by atoms with Crippen molar-refractivity contribution in [1.29, 1.82) is 5.26 Å². The number of fused-ring (bicyclic) bond motifs is 5. The molecule has 4 heterocycles. The molecule has 3 aromatic rings. The molecule has 2 aromatic carbocycles. The number of amides is 1. The van der Waals surface area contributed by atoms with Crippen LogP contribution in [0, 0.1) is 17.2 Å². The third-order valence-corrected chi connectivity index (χ3v) is 12.0. The van der Waals surface area contributed by atoms with Crippen molar-refractivity contribution in [1.82, 2.24) is 19.8 Å². The van der Waals surface area contributed by atoms with Gasteiger partial charge in [0.2, 0.25) is 5.91 Å². The van der Waals surface area contributed by atoms with Crippen LogP contribution in [-0.4, -0.2) is 88.9 Å². The first-order valence-corrected chi connectivity index (χ1v) is 18.1. The van der Waals surface area contributed by atoms with E-state index in [0.717, 1.165) is 55.2 Å². The fourth-order valence-corrected chi connectivity index (χ4v) is 9.40. The monoisotopic (exact) mass is 682 g/mol. The van der Waals surface area contributed by atoms with E-state index in [0.29, 0.717) is 73.1 Å². The lowest BCUT2D eigenvalue weighted by Crippen LogP contribution is -2.55. The highest BCUT2D eigenvalue weighted by molar-refractivity contribution is 6.35. The molecular formula is C38H40ClFN6O3. The molecule has 3 aliphatic heterocycles. The molecule has 49 heavy (non-hydrogen) atoms. The summed E-state index contributed by atoms with van der Waals surface area (Å²) < 4.78 is 27.9. The van der Waals surface area contributed by atoms with Gasteiger partial charge in [-0.15, -0.1) is 0 Å². The van der Waals surface area contributed by atoms with Crippen molar-refractivity contribution < 1.29 is 18.7 Å². The largest absolute Gasteiger partial charge is 0.487 e. The van der Waals surface area contributed by atoms with Crippen molar-refractivity contribution in [3.63, 3.8) is 0 Å². The van der Waals surface area contributed by atoms with Gasteiger partial charge in [-0.3, -0.25) is 9.69 Å². The lowest BCUT2D eigenvalue weighted by atomic mass is 9.93. The van der Waals surface area contributed by atoms with Crippen LogP contribution in [0.25, 0.3) is 22.0 Å². The second-order valence-corrected chi connectivity index (χ2v) is 15.3. The Bertz CT molecular complexity index is 1910. The Labute approximate surface area is 290 Å². The molecule has 0 bridgehead atoms. The highest BCUT2D eigenvalue weighted by Crippen LogP contribution is 2.59. The third kappa shape index (κ3) is 5.32. The van der Waals surface area contributed by atoms with Gasteiger partial charge in [-0.05, 0) is 85.7 Å². The first kappa shape index (κ1) is 31.1. The third-order valence-electron chi connectivity index (χ3n) is 11.7. The summed E-state index contributed by atoms with van der Waals surface area (Å²) in [7, 11) is 0. The number of anilines is 1. The lowest BCUT2D eigenvalue weighted by molar-refractivity contribution is -0.128. The molecule has 9 nitrogen and oxygen atoms in total. The fourth-order valence-electron chi connectivity index (χ4n) is 9.11. The Morgan fingerprint density at radius 1 is 1.22 bits per heavy atom. The predicted octanol–water partition coefficient (Wildman–Crippen LogP) is 6.22. The molecule has 2 saturated carbocycles. The van der Waals surface area contributed by atoms with Crippen LogP contribution in [0.2, 0.25) is 5.02 Å². The summed E-state index contributed by atoms with van der Waals surface area (Å²) >= 11 is 7.30. The van der Waals surface area contributed by atoms with E-state index in [4.69, 9.17) is 31.0 Å². The maximum Gasteiger partial charge on any atom is 0.319 e. The smallest absolute Gasteiger partial charge is 0.319 e. The zero-order valence-electron chi connectivity index (χ0n) is 27.5. The predicted molar refractivity (Wildman–Crippen MR) is 185 cm³/mol. The van der Waals surface area contributed by atoms with Crippen molar-refractivity contribution in [3.05, 3.63) is 53.1 Å². The van der Waals surface area contributed by atoms with E-state index in [-0.39, 0.29) is 36.0 Å². The number of aromatic nitrogens is 2. The molecule has 2 unspecified atom stereocenters. The number of nitrogens with zero attached hydrogens (tertiary/aromatic N) is 6. The Morgan fingerprint density at radius 2 is 2.10 bits per heavy atom. The van der Waals surface area contributed by atoms with Crippen LogP contribution in [-0.2, 0) is 11.2 Å². The Kier molecular flexibility index (Phi) is 7.51. The average Bonchev–Trinajstić information content (AvgIpc) is 3.98. The first-order chi connectivity index (χ1) is 23.9. The van der Waals surface area contributed by atoms with E-state index in [1.807, 2.05) is 6.07 Å². The number of alkyl halides is 1. The molecule has 254 valence electrons. The highest BCUT2D eigenvalue weighted by atomic mass is 35.5. The van der Waals surface area contributed by atoms with E-state index in [9.17, 15) is 14.4 Å². The van der Waals surface area contributed by atoms with Gasteiger partial charge in [0, 0.05) is 43.5 Å². The van der Waals surface area contributed by atoms with Crippen LogP contribution in [0.15, 0.2) is 36.9 Å². The Hall–Kier alpha value is -3.94. The molecule has 1 amide bonds. The normalized spacial score (nSPS) is 28.6. The Balaban J connectivity index is 1.18. The summed E-state index contributed by atoms with van der Waals surface area (Å²) in [5.74, 6) is 2.42. The Morgan fingerprint density at radius 3 is 2.92 bits per heavy atom. The minimum absolute atomic E-state index is 0.0766. The number of halogens is 2. The average molecular weight is 683 g/mol. The number of piperazine rings is 1. The van der Waals surface area contributed by atoms with Gasteiger partial charge < -0.3 is 19.3 Å². The van der Waals surface area contributed by atoms with Gasteiger partial charge in [-0.1, -0.05) is 36.4 Å². The standard InChI is InChI=1S/C38H40ClFN6O3/c1-2-32(47)46-14-13-44(20-24(46)9-11-41)36-30-17-31(39)33(27-6-3-5-26-28-15-22(28)16-29(26)27)35(49-25-7-8-25)34(30)42-37(43-36)48-21-38-10-4-12-45(38)19-23(40)18-38/h2-3,5-6,17,22-25,28H,1,4,7-10,12-16,18-21H2/t22?,23-,24+,28?,38+/m1/s1. The van der Waals surface area contributed by atoms with Crippen molar-refractivity contribution in [2.45, 2.75) is 81.1 Å².